The fourth-order valence-corrected chi connectivity index (χ4v) is 3.12. The van der Waals surface area contributed by atoms with E-state index in [9.17, 15) is 4.79 Å². The van der Waals surface area contributed by atoms with Gasteiger partial charge >= 0.3 is 0 Å². The third-order valence-corrected chi connectivity index (χ3v) is 4.70. The van der Waals surface area contributed by atoms with Crippen LogP contribution in [0.4, 0.5) is 5.69 Å². The van der Waals surface area contributed by atoms with Gasteiger partial charge in [-0.2, -0.15) is 0 Å². The number of hydrogen-bond donors (Lipinski definition) is 1. The first-order valence-electron chi connectivity index (χ1n) is 8.63. The number of ether oxygens (including phenoxy) is 2. The molecule has 1 heterocycles. The highest BCUT2D eigenvalue weighted by molar-refractivity contribution is 7.99. The summed E-state index contributed by atoms with van der Waals surface area (Å²) in [5.74, 6) is 1.82. The smallest absolute Gasteiger partial charge is 0.277 e. The van der Waals surface area contributed by atoms with E-state index >= 15 is 0 Å². The molecule has 28 heavy (non-hydrogen) atoms. The first-order valence-corrected chi connectivity index (χ1v) is 9.62. The number of anilines is 1. The Kier molecular flexibility index (Phi) is 6.54. The summed E-state index contributed by atoms with van der Waals surface area (Å²) in [6.45, 7) is 4.14. The molecule has 0 atom stereocenters. The number of para-hydroxylation sites is 1. The summed E-state index contributed by atoms with van der Waals surface area (Å²) in [5, 5.41) is 11.0. The Bertz CT molecular complexity index is 938. The number of nitrogens with one attached hydrogen (secondary N) is 1. The normalized spacial score (nSPS) is 10.5. The molecule has 1 aromatic heterocycles. The molecular weight excluding hydrogens is 378 g/mol. The molecule has 0 radical (unpaired) electrons. The second-order valence-electron chi connectivity index (χ2n) is 6.04. The monoisotopic (exact) mass is 399 g/mol. The van der Waals surface area contributed by atoms with Crippen molar-refractivity contribution in [3.63, 3.8) is 0 Å². The van der Waals surface area contributed by atoms with Crippen molar-refractivity contribution in [2.75, 3.05) is 18.2 Å². The van der Waals surface area contributed by atoms with Crippen LogP contribution in [0.1, 0.15) is 17.0 Å². The van der Waals surface area contributed by atoms with Crippen LogP contribution >= 0.6 is 11.8 Å². The molecule has 0 fully saturated rings. The van der Waals surface area contributed by atoms with Gasteiger partial charge in [-0.05, 0) is 37.1 Å². The van der Waals surface area contributed by atoms with Gasteiger partial charge in [0.25, 0.3) is 11.1 Å². The summed E-state index contributed by atoms with van der Waals surface area (Å²) in [6.07, 6.45) is 0. The third kappa shape index (κ3) is 5.26. The maximum atomic E-state index is 12.1. The van der Waals surface area contributed by atoms with Crippen LogP contribution in [0, 0.1) is 13.8 Å². The lowest BCUT2D eigenvalue weighted by molar-refractivity contribution is -0.113. The van der Waals surface area contributed by atoms with E-state index in [1.807, 2.05) is 44.2 Å². The highest BCUT2D eigenvalue weighted by Gasteiger charge is 2.12. The Morgan fingerprint density at radius 1 is 1.14 bits per heavy atom. The highest BCUT2D eigenvalue weighted by atomic mass is 32.2. The van der Waals surface area contributed by atoms with Crippen molar-refractivity contribution in [3.05, 3.63) is 59.5 Å². The first kappa shape index (κ1) is 19.8. The molecule has 0 spiro atoms. The fourth-order valence-electron chi connectivity index (χ4n) is 2.54. The van der Waals surface area contributed by atoms with Gasteiger partial charge in [0.05, 0.1) is 12.9 Å². The Balaban J connectivity index is 1.49. The maximum Gasteiger partial charge on any atom is 0.277 e. The van der Waals surface area contributed by atoms with Crippen molar-refractivity contribution in [2.45, 2.75) is 25.7 Å². The number of carbonyl (C=O) groups is 1. The molecule has 3 rings (SSSR count). The zero-order valence-corrected chi connectivity index (χ0v) is 16.7. The number of thioether (sulfide) groups is 1. The number of nitrogens with zero attached hydrogens (tertiary/aromatic N) is 2. The minimum absolute atomic E-state index is 0.149. The molecule has 146 valence electrons. The lowest BCUT2D eigenvalue weighted by atomic mass is 10.1. The van der Waals surface area contributed by atoms with Crippen LogP contribution in [-0.4, -0.2) is 29.0 Å². The molecule has 8 heteroatoms. The predicted octanol–water partition coefficient (Wildman–Crippen LogP) is 4.00. The van der Waals surface area contributed by atoms with Crippen LogP contribution in [0.2, 0.25) is 0 Å². The number of rotatable bonds is 8. The Labute approximate surface area is 167 Å². The van der Waals surface area contributed by atoms with E-state index < -0.39 is 0 Å². The second-order valence-corrected chi connectivity index (χ2v) is 6.97. The molecule has 0 aliphatic rings. The van der Waals surface area contributed by atoms with Gasteiger partial charge in [-0.25, -0.2) is 0 Å². The average Bonchev–Trinajstić information content (AvgIpc) is 3.14. The minimum atomic E-state index is -0.176. The molecule has 3 aromatic rings. The SMILES string of the molecule is COc1cccc(NC(=O)CSc2nnc(COc3c(C)cccc3C)o2)c1. The van der Waals surface area contributed by atoms with Gasteiger partial charge in [0.15, 0.2) is 6.61 Å². The minimum Gasteiger partial charge on any atom is -0.497 e. The maximum absolute atomic E-state index is 12.1. The second kappa shape index (κ2) is 9.27. The zero-order chi connectivity index (χ0) is 19.9. The quantitative estimate of drug-likeness (QED) is 0.573. The van der Waals surface area contributed by atoms with Gasteiger partial charge in [-0.3, -0.25) is 4.79 Å². The Hall–Kier alpha value is -3.00. The van der Waals surface area contributed by atoms with E-state index in [4.69, 9.17) is 13.9 Å². The summed E-state index contributed by atoms with van der Waals surface area (Å²) < 4.78 is 16.5. The van der Waals surface area contributed by atoms with Gasteiger partial charge < -0.3 is 19.2 Å². The van der Waals surface area contributed by atoms with Crippen LogP contribution < -0.4 is 14.8 Å². The molecule has 2 aromatic carbocycles. The fraction of sp³-hybridized carbons (Fsp3) is 0.250. The Morgan fingerprint density at radius 2 is 1.89 bits per heavy atom. The molecule has 1 amide bonds. The van der Waals surface area contributed by atoms with Crippen molar-refractivity contribution in [1.29, 1.82) is 0 Å². The number of amides is 1. The predicted molar refractivity (Wildman–Crippen MR) is 107 cm³/mol. The molecule has 7 nitrogen and oxygen atoms in total. The molecule has 0 aliphatic heterocycles. The molecule has 0 unspecified atom stereocenters. The number of aromatic nitrogens is 2. The largest absolute Gasteiger partial charge is 0.497 e. The van der Waals surface area contributed by atoms with Crippen LogP contribution in [0.5, 0.6) is 11.5 Å². The molecule has 0 aliphatic carbocycles. The lowest BCUT2D eigenvalue weighted by Crippen LogP contribution is -2.13. The van der Waals surface area contributed by atoms with Crippen LogP contribution in [0.15, 0.2) is 52.1 Å². The number of hydrogen-bond acceptors (Lipinski definition) is 7. The van der Waals surface area contributed by atoms with E-state index in [0.29, 0.717) is 22.6 Å². The van der Waals surface area contributed by atoms with E-state index in [1.54, 1.807) is 19.2 Å². The standard InChI is InChI=1S/C20H21N3O4S/c1-13-6-4-7-14(2)19(13)26-11-18-22-23-20(27-18)28-12-17(24)21-15-8-5-9-16(10-15)25-3/h4-10H,11-12H2,1-3H3,(H,21,24). The van der Waals surface area contributed by atoms with Gasteiger partial charge in [-0.1, -0.05) is 36.0 Å². The number of methoxy groups -OCH3 is 1. The molecule has 1 N–H and O–H groups in total. The van der Waals surface area contributed by atoms with Gasteiger partial charge in [-0.15, -0.1) is 10.2 Å². The van der Waals surface area contributed by atoms with Crippen LogP contribution in [0.25, 0.3) is 0 Å². The summed E-state index contributed by atoms with van der Waals surface area (Å²) in [6, 6.07) is 13.1. The van der Waals surface area contributed by atoms with Crippen molar-refractivity contribution in [3.8, 4) is 11.5 Å². The first-order chi connectivity index (χ1) is 13.5. The van der Waals surface area contributed by atoms with Crippen LogP contribution in [-0.2, 0) is 11.4 Å². The van der Waals surface area contributed by atoms with Crippen molar-refractivity contribution in [1.82, 2.24) is 10.2 Å². The number of aryl methyl sites for hydroxylation is 2. The summed E-state index contributed by atoms with van der Waals surface area (Å²) >= 11 is 1.17. The Morgan fingerprint density at radius 3 is 2.64 bits per heavy atom. The summed E-state index contributed by atoms with van der Waals surface area (Å²) in [7, 11) is 1.58. The lowest BCUT2D eigenvalue weighted by Gasteiger charge is -2.09. The van der Waals surface area contributed by atoms with Crippen molar-refractivity contribution in [2.24, 2.45) is 0 Å². The topological polar surface area (TPSA) is 86.5 Å². The van der Waals surface area contributed by atoms with Crippen LogP contribution in [0.3, 0.4) is 0 Å². The molecule has 0 saturated heterocycles. The van der Waals surface area contributed by atoms with Crippen molar-refractivity contribution < 1.29 is 18.7 Å². The highest BCUT2D eigenvalue weighted by Crippen LogP contribution is 2.24. The summed E-state index contributed by atoms with van der Waals surface area (Å²) in [5.41, 5.74) is 2.75. The van der Waals surface area contributed by atoms with Crippen molar-refractivity contribution >= 4 is 23.4 Å². The van der Waals surface area contributed by atoms with E-state index in [2.05, 4.69) is 15.5 Å². The molecule has 0 saturated carbocycles. The summed E-state index contributed by atoms with van der Waals surface area (Å²) in [4.78, 5) is 12.1. The average molecular weight is 399 g/mol. The van der Waals surface area contributed by atoms with Gasteiger partial charge in [0.2, 0.25) is 5.91 Å². The van der Waals surface area contributed by atoms with E-state index in [0.717, 1.165) is 16.9 Å². The van der Waals surface area contributed by atoms with E-state index in [-0.39, 0.29) is 18.3 Å². The molecular formula is C20H21N3O4S. The van der Waals surface area contributed by atoms with E-state index in [1.165, 1.54) is 11.8 Å². The zero-order valence-electron chi connectivity index (χ0n) is 15.9. The molecule has 0 bridgehead atoms. The third-order valence-electron chi connectivity index (χ3n) is 3.88. The number of benzene rings is 2. The van der Waals surface area contributed by atoms with Gasteiger partial charge in [0, 0.05) is 11.8 Å². The van der Waals surface area contributed by atoms with Gasteiger partial charge in [0.1, 0.15) is 11.5 Å². The number of carbonyl (C=O) groups excluding carboxylic acids is 1.